The number of carbonyl (C=O) groups excluding carboxylic acids is 1. The van der Waals surface area contributed by atoms with Crippen LogP contribution in [0.1, 0.15) is 32.4 Å². The maximum Gasteiger partial charge on any atom is 0.262 e. The van der Waals surface area contributed by atoms with Crippen molar-refractivity contribution in [1.29, 1.82) is 0 Å². The quantitative estimate of drug-likeness (QED) is 0.237. The van der Waals surface area contributed by atoms with Crippen LogP contribution < -0.4 is 20.0 Å². The molecule has 0 aromatic heterocycles. The minimum atomic E-state index is -2.91. The largest absolute Gasteiger partial charge is 0.497 e. The summed E-state index contributed by atoms with van der Waals surface area (Å²) in [6, 6.07) is 38.6. The van der Waals surface area contributed by atoms with Crippen molar-refractivity contribution in [3.8, 4) is 5.75 Å². The Labute approximate surface area is 220 Å². The number of ether oxygens (including phenoxy) is 1. The van der Waals surface area contributed by atoms with Crippen LogP contribution >= 0.6 is 0 Å². The minimum absolute atomic E-state index is 0.0213. The van der Waals surface area contributed by atoms with E-state index in [2.05, 4.69) is 81.4 Å². The number of β-lactam (4-membered cyclic amide) rings is 1. The Hall–Kier alpha value is -3.67. The van der Waals surface area contributed by atoms with E-state index >= 15 is 0 Å². The zero-order chi connectivity index (χ0) is 26.0. The number of hydrogen-bond acceptors (Lipinski definition) is 3. The number of amides is 1. The molecule has 1 saturated heterocycles. The number of carbonyl (C=O) groups is 1. The second kappa shape index (κ2) is 10.00. The van der Waals surface area contributed by atoms with Gasteiger partial charge < -0.3 is 9.16 Å². The van der Waals surface area contributed by atoms with Crippen LogP contribution in [0.15, 0.2) is 115 Å². The summed E-state index contributed by atoms with van der Waals surface area (Å²) < 4.78 is 12.6. The first-order valence-electron chi connectivity index (χ1n) is 12.7. The highest BCUT2D eigenvalue weighted by molar-refractivity contribution is 6.99. The fourth-order valence-corrected chi connectivity index (χ4v) is 10.1. The molecule has 0 N–H and O–H groups in total. The summed E-state index contributed by atoms with van der Waals surface area (Å²) >= 11 is 0. The van der Waals surface area contributed by atoms with Crippen molar-refractivity contribution < 1.29 is 14.0 Å². The number of hydrogen-bond donors (Lipinski definition) is 0. The lowest BCUT2D eigenvalue weighted by molar-refractivity contribution is -0.135. The maximum absolute atomic E-state index is 14.0. The van der Waals surface area contributed by atoms with Gasteiger partial charge in [0.1, 0.15) is 5.75 Å². The van der Waals surface area contributed by atoms with Crippen molar-refractivity contribution in [3.05, 3.63) is 121 Å². The Bertz CT molecular complexity index is 1300. The lowest BCUT2D eigenvalue weighted by Gasteiger charge is -2.53. The van der Waals surface area contributed by atoms with Gasteiger partial charge in [0.05, 0.1) is 13.2 Å². The lowest BCUT2D eigenvalue weighted by atomic mass is 9.90. The molecular weight excluding hydrogens is 474 g/mol. The van der Waals surface area contributed by atoms with Gasteiger partial charge >= 0.3 is 0 Å². The smallest absolute Gasteiger partial charge is 0.262 e. The highest BCUT2D eigenvalue weighted by Gasteiger charge is 2.58. The fourth-order valence-electron chi connectivity index (χ4n) is 5.46. The predicted molar refractivity (Wildman–Crippen MR) is 152 cm³/mol. The van der Waals surface area contributed by atoms with Gasteiger partial charge in [-0.15, -0.1) is 0 Å². The van der Waals surface area contributed by atoms with Crippen molar-refractivity contribution in [2.45, 2.75) is 38.0 Å². The van der Waals surface area contributed by atoms with Crippen LogP contribution in [0.5, 0.6) is 5.75 Å². The van der Waals surface area contributed by atoms with E-state index in [4.69, 9.17) is 9.16 Å². The van der Waals surface area contributed by atoms with Gasteiger partial charge in [-0.3, -0.25) is 9.69 Å². The summed E-state index contributed by atoms with van der Waals surface area (Å²) in [4.78, 5) is 15.8. The molecule has 1 fully saturated rings. The molecule has 5 rings (SSSR count). The van der Waals surface area contributed by atoms with Gasteiger partial charge in [-0.1, -0.05) is 112 Å². The van der Waals surface area contributed by atoms with Gasteiger partial charge in [0, 0.05) is 5.69 Å². The number of rotatable bonds is 7. The third-order valence-electron chi connectivity index (χ3n) is 7.26. The molecule has 2 atom stereocenters. The van der Waals surface area contributed by atoms with Gasteiger partial charge in [0.15, 0.2) is 6.10 Å². The molecule has 1 aliphatic heterocycles. The first kappa shape index (κ1) is 25.0. The Kier molecular flexibility index (Phi) is 6.76. The monoisotopic (exact) mass is 507 g/mol. The van der Waals surface area contributed by atoms with E-state index in [0.29, 0.717) is 0 Å². The number of nitrogens with zero attached hydrogens (tertiary/aromatic N) is 1. The summed E-state index contributed by atoms with van der Waals surface area (Å²) in [6.07, 6.45) is -0.601. The molecule has 1 heterocycles. The third kappa shape index (κ3) is 4.39. The molecule has 0 radical (unpaired) electrons. The summed E-state index contributed by atoms with van der Waals surface area (Å²) in [5, 5.41) is 2.10. The van der Waals surface area contributed by atoms with E-state index in [1.165, 1.54) is 0 Å². The van der Waals surface area contributed by atoms with Crippen molar-refractivity contribution in [2.75, 3.05) is 12.0 Å². The van der Waals surface area contributed by atoms with E-state index in [1.54, 1.807) is 7.11 Å². The number of methoxy groups -OCH3 is 1. The SMILES string of the molecule is COc1ccc(N2C(=O)[C@H](O[Si](c3ccccc3)(c3ccccc3)C(C)(C)C)[C@@H]2c2ccccc2)cc1. The van der Waals surface area contributed by atoms with Gasteiger partial charge in [0.2, 0.25) is 0 Å². The number of benzene rings is 4. The first-order valence-corrected chi connectivity index (χ1v) is 14.6. The zero-order valence-electron chi connectivity index (χ0n) is 21.8. The molecule has 0 unspecified atom stereocenters. The molecule has 37 heavy (non-hydrogen) atoms. The van der Waals surface area contributed by atoms with Gasteiger partial charge in [-0.05, 0) is 45.2 Å². The van der Waals surface area contributed by atoms with Crippen LogP contribution in [0.2, 0.25) is 5.04 Å². The number of anilines is 1. The van der Waals surface area contributed by atoms with Crippen LogP contribution in [-0.2, 0) is 9.22 Å². The predicted octanol–water partition coefficient (Wildman–Crippen LogP) is 5.73. The topological polar surface area (TPSA) is 38.8 Å². The van der Waals surface area contributed by atoms with Crippen LogP contribution in [-0.4, -0.2) is 27.4 Å². The lowest BCUT2D eigenvalue weighted by Crippen LogP contribution is -2.72. The Morgan fingerprint density at radius 2 is 1.19 bits per heavy atom. The van der Waals surface area contributed by atoms with Gasteiger partial charge in [-0.25, -0.2) is 0 Å². The standard InChI is InChI=1S/C32H33NO3Si/c1-32(2,3)37(27-16-10-6-11-17-27,28-18-12-7-13-19-28)36-30-29(24-14-8-5-9-15-24)33(31(30)34)25-20-22-26(35-4)23-21-25/h5-23,29-30H,1-4H3/t29-,30+/m0/s1. The average Bonchev–Trinajstić information content (AvgIpc) is 2.93. The summed E-state index contributed by atoms with van der Waals surface area (Å²) in [7, 11) is -1.27. The van der Waals surface area contributed by atoms with E-state index in [0.717, 1.165) is 27.4 Å². The molecule has 0 saturated carbocycles. The molecule has 188 valence electrons. The van der Waals surface area contributed by atoms with E-state index in [9.17, 15) is 4.79 Å². The Balaban J connectivity index is 1.64. The highest BCUT2D eigenvalue weighted by atomic mass is 28.4. The van der Waals surface area contributed by atoms with Crippen molar-refractivity contribution >= 4 is 30.3 Å². The zero-order valence-corrected chi connectivity index (χ0v) is 22.8. The van der Waals surface area contributed by atoms with Crippen molar-refractivity contribution in [3.63, 3.8) is 0 Å². The fraction of sp³-hybridized carbons (Fsp3) is 0.219. The highest BCUT2D eigenvalue weighted by Crippen LogP contribution is 2.46. The molecule has 4 aromatic rings. The summed E-state index contributed by atoms with van der Waals surface area (Å²) in [5.74, 6) is 0.736. The van der Waals surface area contributed by atoms with Crippen LogP contribution in [0.4, 0.5) is 5.69 Å². The Morgan fingerprint density at radius 1 is 0.703 bits per heavy atom. The van der Waals surface area contributed by atoms with Gasteiger partial charge in [-0.2, -0.15) is 0 Å². The van der Waals surface area contributed by atoms with Crippen LogP contribution in [0, 0.1) is 0 Å². The second-order valence-electron chi connectivity index (χ2n) is 10.5. The van der Waals surface area contributed by atoms with Crippen molar-refractivity contribution in [1.82, 2.24) is 0 Å². The van der Waals surface area contributed by atoms with E-state index in [-0.39, 0.29) is 17.0 Å². The molecule has 4 nitrogen and oxygen atoms in total. The Morgan fingerprint density at radius 3 is 1.65 bits per heavy atom. The normalized spacial score (nSPS) is 17.8. The van der Waals surface area contributed by atoms with Crippen LogP contribution in [0.3, 0.4) is 0 Å². The molecule has 0 spiro atoms. The molecule has 1 aliphatic rings. The molecule has 1 amide bonds. The first-order chi connectivity index (χ1) is 17.9. The summed E-state index contributed by atoms with van der Waals surface area (Å²) in [6.45, 7) is 6.71. The molecule has 5 heteroatoms. The minimum Gasteiger partial charge on any atom is -0.497 e. The van der Waals surface area contributed by atoms with Crippen molar-refractivity contribution in [2.24, 2.45) is 0 Å². The molecule has 0 bridgehead atoms. The van der Waals surface area contributed by atoms with Crippen LogP contribution in [0.25, 0.3) is 0 Å². The summed E-state index contributed by atoms with van der Waals surface area (Å²) in [5.41, 5.74) is 1.89. The van der Waals surface area contributed by atoms with E-state index < -0.39 is 14.4 Å². The average molecular weight is 508 g/mol. The molecule has 0 aliphatic carbocycles. The van der Waals surface area contributed by atoms with Gasteiger partial charge in [0.25, 0.3) is 14.2 Å². The molecule has 4 aromatic carbocycles. The van der Waals surface area contributed by atoms with E-state index in [1.807, 2.05) is 59.5 Å². The maximum atomic E-state index is 14.0. The third-order valence-corrected chi connectivity index (χ3v) is 12.3. The second-order valence-corrected chi connectivity index (χ2v) is 14.7. The molecular formula is C32H33NO3Si.